The van der Waals surface area contributed by atoms with Crippen LogP contribution >= 0.6 is 11.6 Å². The van der Waals surface area contributed by atoms with Crippen molar-refractivity contribution in [3.05, 3.63) is 63.9 Å². The fourth-order valence-corrected chi connectivity index (χ4v) is 3.05. The first-order chi connectivity index (χ1) is 9.61. The SMILES string of the molecule is CC(Nc1cc(F)cc(Cl)c1)c1ccc2c(c1)CCC2. The molecule has 1 aliphatic carbocycles. The molecule has 3 heteroatoms. The highest BCUT2D eigenvalue weighted by atomic mass is 35.5. The molecule has 0 bridgehead atoms. The number of halogens is 2. The number of benzene rings is 2. The monoisotopic (exact) mass is 289 g/mol. The van der Waals surface area contributed by atoms with Gasteiger partial charge in [0, 0.05) is 16.8 Å². The highest BCUT2D eigenvalue weighted by molar-refractivity contribution is 6.30. The van der Waals surface area contributed by atoms with Crippen molar-refractivity contribution in [2.45, 2.75) is 32.2 Å². The van der Waals surface area contributed by atoms with Gasteiger partial charge < -0.3 is 5.32 Å². The van der Waals surface area contributed by atoms with Crippen LogP contribution in [0.4, 0.5) is 10.1 Å². The van der Waals surface area contributed by atoms with E-state index in [1.165, 1.54) is 48.1 Å². The number of fused-ring (bicyclic) bond motifs is 1. The van der Waals surface area contributed by atoms with Crippen LogP contribution in [0.25, 0.3) is 0 Å². The molecular formula is C17H17ClFN. The van der Waals surface area contributed by atoms with Gasteiger partial charge >= 0.3 is 0 Å². The van der Waals surface area contributed by atoms with Crippen LogP contribution in [-0.2, 0) is 12.8 Å². The van der Waals surface area contributed by atoms with Crippen molar-refractivity contribution in [1.82, 2.24) is 0 Å². The van der Waals surface area contributed by atoms with Gasteiger partial charge in [-0.05, 0) is 61.1 Å². The molecular weight excluding hydrogens is 273 g/mol. The van der Waals surface area contributed by atoms with Gasteiger partial charge in [-0.2, -0.15) is 0 Å². The number of aryl methyl sites for hydroxylation is 2. The van der Waals surface area contributed by atoms with Gasteiger partial charge in [-0.25, -0.2) is 4.39 Å². The Kier molecular flexibility index (Phi) is 3.66. The summed E-state index contributed by atoms with van der Waals surface area (Å²) in [5.74, 6) is -0.318. The largest absolute Gasteiger partial charge is 0.378 e. The van der Waals surface area contributed by atoms with E-state index in [4.69, 9.17) is 11.6 Å². The standard InChI is InChI=1S/C17H17ClFN/c1-11(20-17-9-15(18)8-16(19)10-17)13-6-5-12-3-2-4-14(12)7-13/h5-11,20H,2-4H2,1H3. The van der Waals surface area contributed by atoms with Crippen molar-refractivity contribution < 1.29 is 4.39 Å². The molecule has 1 nitrogen and oxygen atoms in total. The summed E-state index contributed by atoms with van der Waals surface area (Å²) in [5, 5.41) is 3.72. The molecule has 2 aromatic rings. The molecule has 0 spiro atoms. The normalized spacial score (nSPS) is 14.9. The average Bonchev–Trinajstić information content (AvgIpc) is 2.84. The third kappa shape index (κ3) is 2.80. The van der Waals surface area contributed by atoms with Crippen LogP contribution < -0.4 is 5.32 Å². The zero-order valence-corrected chi connectivity index (χ0v) is 12.2. The lowest BCUT2D eigenvalue weighted by Gasteiger charge is -2.17. The maximum Gasteiger partial charge on any atom is 0.126 e. The Morgan fingerprint density at radius 1 is 1.10 bits per heavy atom. The number of anilines is 1. The highest BCUT2D eigenvalue weighted by Gasteiger charge is 2.13. The molecule has 20 heavy (non-hydrogen) atoms. The van der Waals surface area contributed by atoms with E-state index in [0.29, 0.717) is 10.7 Å². The predicted molar refractivity (Wildman–Crippen MR) is 81.9 cm³/mol. The maximum absolute atomic E-state index is 13.3. The minimum atomic E-state index is -0.318. The second kappa shape index (κ2) is 5.45. The quantitative estimate of drug-likeness (QED) is 0.825. The molecule has 0 fully saturated rings. The smallest absolute Gasteiger partial charge is 0.126 e. The molecule has 0 radical (unpaired) electrons. The first-order valence-electron chi connectivity index (χ1n) is 6.96. The van der Waals surface area contributed by atoms with Gasteiger partial charge in [0.05, 0.1) is 0 Å². The Labute approximate surface area is 123 Å². The maximum atomic E-state index is 13.3. The van der Waals surface area contributed by atoms with E-state index in [1.807, 2.05) is 0 Å². The van der Waals surface area contributed by atoms with Gasteiger partial charge in [-0.3, -0.25) is 0 Å². The van der Waals surface area contributed by atoms with E-state index >= 15 is 0 Å². The van der Waals surface area contributed by atoms with Crippen LogP contribution in [0.3, 0.4) is 0 Å². The van der Waals surface area contributed by atoms with Crippen LogP contribution in [0, 0.1) is 5.82 Å². The number of hydrogen-bond acceptors (Lipinski definition) is 1. The van der Waals surface area contributed by atoms with Crippen LogP contribution in [0.2, 0.25) is 5.02 Å². The minimum absolute atomic E-state index is 0.124. The van der Waals surface area contributed by atoms with Gasteiger partial charge in [0.1, 0.15) is 5.82 Å². The van der Waals surface area contributed by atoms with Gasteiger partial charge in [0.25, 0.3) is 0 Å². The van der Waals surface area contributed by atoms with Crippen molar-refractivity contribution >= 4 is 17.3 Å². The lowest BCUT2D eigenvalue weighted by molar-refractivity contribution is 0.628. The molecule has 1 atom stereocenters. The van der Waals surface area contributed by atoms with E-state index in [9.17, 15) is 4.39 Å². The highest BCUT2D eigenvalue weighted by Crippen LogP contribution is 2.28. The molecule has 0 saturated heterocycles. The van der Waals surface area contributed by atoms with E-state index in [1.54, 1.807) is 6.07 Å². The van der Waals surface area contributed by atoms with E-state index < -0.39 is 0 Å². The van der Waals surface area contributed by atoms with Gasteiger partial charge in [-0.1, -0.05) is 29.8 Å². The second-order valence-corrected chi connectivity index (χ2v) is 5.84. The lowest BCUT2D eigenvalue weighted by Crippen LogP contribution is -2.07. The fourth-order valence-electron chi connectivity index (χ4n) is 2.83. The first kappa shape index (κ1) is 13.4. The van der Waals surface area contributed by atoms with Gasteiger partial charge in [0.15, 0.2) is 0 Å². The molecule has 3 rings (SSSR count). The lowest BCUT2D eigenvalue weighted by atomic mass is 10.0. The average molecular weight is 290 g/mol. The molecule has 1 unspecified atom stereocenters. The zero-order chi connectivity index (χ0) is 14.1. The molecule has 0 amide bonds. The van der Waals surface area contributed by atoms with Crippen LogP contribution in [0.5, 0.6) is 0 Å². The van der Waals surface area contributed by atoms with Crippen LogP contribution in [-0.4, -0.2) is 0 Å². The zero-order valence-electron chi connectivity index (χ0n) is 11.4. The molecule has 1 aliphatic rings. The minimum Gasteiger partial charge on any atom is -0.378 e. The Morgan fingerprint density at radius 3 is 2.70 bits per heavy atom. The van der Waals surface area contributed by atoms with Crippen molar-refractivity contribution in [1.29, 1.82) is 0 Å². The third-order valence-corrected chi connectivity index (χ3v) is 4.09. The number of nitrogens with one attached hydrogen (secondary N) is 1. The summed E-state index contributed by atoms with van der Waals surface area (Å²) < 4.78 is 13.3. The van der Waals surface area contributed by atoms with Crippen molar-refractivity contribution in [2.75, 3.05) is 5.32 Å². The number of hydrogen-bond donors (Lipinski definition) is 1. The molecule has 0 heterocycles. The Hall–Kier alpha value is -1.54. The third-order valence-electron chi connectivity index (χ3n) is 3.87. The molecule has 2 aromatic carbocycles. The molecule has 0 aliphatic heterocycles. The van der Waals surface area contributed by atoms with E-state index in [0.717, 1.165) is 0 Å². The fraction of sp³-hybridized carbons (Fsp3) is 0.294. The Morgan fingerprint density at radius 2 is 1.90 bits per heavy atom. The summed E-state index contributed by atoms with van der Waals surface area (Å²) in [7, 11) is 0. The van der Waals surface area contributed by atoms with Gasteiger partial charge in [0.2, 0.25) is 0 Å². The first-order valence-corrected chi connectivity index (χ1v) is 7.34. The molecule has 1 N–H and O–H groups in total. The van der Waals surface area contributed by atoms with Crippen molar-refractivity contribution in [3.63, 3.8) is 0 Å². The van der Waals surface area contributed by atoms with E-state index in [-0.39, 0.29) is 11.9 Å². The van der Waals surface area contributed by atoms with Crippen molar-refractivity contribution in [2.24, 2.45) is 0 Å². The van der Waals surface area contributed by atoms with Crippen molar-refractivity contribution in [3.8, 4) is 0 Å². The summed E-state index contributed by atoms with van der Waals surface area (Å²) >= 11 is 5.88. The second-order valence-electron chi connectivity index (χ2n) is 5.41. The predicted octanol–water partition coefficient (Wildman–Crippen LogP) is 5.14. The number of rotatable bonds is 3. The van der Waals surface area contributed by atoms with Gasteiger partial charge in [-0.15, -0.1) is 0 Å². The summed E-state index contributed by atoms with van der Waals surface area (Å²) in [6.45, 7) is 2.08. The van der Waals surface area contributed by atoms with Crippen LogP contribution in [0.15, 0.2) is 36.4 Å². The molecule has 0 saturated carbocycles. The summed E-state index contributed by atoms with van der Waals surface area (Å²) in [6, 6.07) is 11.3. The molecule has 104 valence electrons. The molecule has 0 aromatic heterocycles. The van der Waals surface area contributed by atoms with E-state index in [2.05, 4.69) is 30.4 Å². The topological polar surface area (TPSA) is 12.0 Å². The van der Waals surface area contributed by atoms with Crippen LogP contribution in [0.1, 0.15) is 36.1 Å². The summed E-state index contributed by atoms with van der Waals surface area (Å²) in [4.78, 5) is 0. The Balaban J connectivity index is 1.80. The Bertz CT molecular complexity index is 619. The summed E-state index contributed by atoms with van der Waals surface area (Å²) in [5.41, 5.74) is 4.86. The summed E-state index contributed by atoms with van der Waals surface area (Å²) in [6.07, 6.45) is 3.61.